The predicted molar refractivity (Wildman–Crippen MR) is 67.8 cm³/mol. The molecule has 0 bridgehead atoms. The van der Waals surface area contributed by atoms with E-state index in [-0.39, 0.29) is 18.4 Å². The van der Waals surface area contributed by atoms with E-state index in [2.05, 4.69) is 24.1 Å². The summed E-state index contributed by atoms with van der Waals surface area (Å²) in [5.74, 6) is 0.939. The van der Waals surface area contributed by atoms with E-state index in [1.165, 1.54) is 19.3 Å². The van der Waals surface area contributed by atoms with Gasteiger partial charge in [-0.1, -0.05) is 13.8 Å². The Balaban J connectivity index is 0.00000128. The Hall–Kier alpha value is -0.280. The maximum absolute atomic E-state index is 12.2. The highest BCUT2D eigenvalue weighted by molar-refractivity contribution is 5.85. The largest absolute Gasteiger partial charge is 0.338 e. The Morgan fingerprint density at radius 2 is 2.00 bits per heavy atom. The van der Waals surface area contributed by atoms with Gasteiger partial charge in [0.25, 0.3) is 0 Å². The van der Waals surface area contributed by atoms with Crippen LogP contribution < -0.4 is 5.32 Å². The van der Waals surface area contributed by atoms with E-state index in [0.29, 0.717) is 17.9 Å². The summed E-state index contributed by atoms with van der Waals surface area (Å²) in [6.07, 6.45) is 4.68. The summed E-state index contributed by atoms with van der Waals surface area (Å²) in [4.78, 5) is 14.3. The molecule has 2 fully saturated rings. The van der Waals surface area contributed by atoms with E-state index in [4.69, 9.17) is 0 Å². The van der Waals surface area contributed by atoms with E-state index in [0.717, 1.165) is 19.5 Å². The zero-order valence-electron chi connectivity index (χ0n) is 10.2. The number of nitrogens with zero attached hydrogens (tertiary/aromatic N) is 1. The summed E-state index contributed by atoms with van der Waals surface area (Å²) in [5, 5.41) is 3.21. The number of amides is 1. The summed E-state index contributed by atoms with van der Waals surface area (Å²) in [5.41, 5.74) is 0. The topological polar surface area (TPSA) is 32.3 Å². The summed E-state index contributed by atoms with van der Waals surface area (Å²) < 4.78 is 0. The number of hydrogen-bond donors (Lipinski definition) is 1. The van der Waals surface area contributed by atoms with Gasteiger partial charge in [-0.05, 0) is 38.1 Å². The lowest BCUT2D eigenvalue weighted by atomic mass is 9.91. The van der Waals surface area contributed by atoms with Crippen molar-refractivity contribution in [3.8, 4) is 0 Å². The molecule has 2 aliphatic heterocycles. The molecule has 4 heteroatoms. The molecule has 2 aliphatic rings. The molecule has 0 aliphatic carbocycles. The minimum absolute atomic E-state index is 0. The second-order valence-corrected chi connectivity index (χ2v) is 5.13. The van der Waals surface area contributed by atoms with Gasteiger partial charge in [0, 0.05) is 12.6 Å². The van der Waals surface area contributed by atoms with Gasteiger partial charge in [-0.25, -0.2) is 0 Å². The highest BCUT2D eigenvalue weighted by Gasteiger charge is 2.34. The lowest BCUT2D eigenvalue weighted by molar-refractivity contribution is -0.140. The molecule has 1 N–H and O–H groups in total. The molecule has 1 unspecified atom stereocenters. The van der Waals surface area contributed by atoms with Gasteiger partial charge in [-0.2, -0.15) is 0 Å². The molecule has 0 radical (unpaired) electrons. The fourth-order valence-electron chi connectivity index (χ4n) is 2.62. The van der Waals surface area contributed by atoms with Crippen molar-refractivity contribution in [1.29, 1.82) is 0 Å². The number of nitrogens with one attached hydrogen (secondary N) is 1. The fourth-order valence-corrected chi connectivity index (χ4v) is 2.62. The standard InChI is InChI=1S/C12H22N2O.ClH/c1-9(2)11-5-3-4-8-14(11)12(15)10-6-7-13-10;/h9-11,13H,3-8H2,1-2H3;1H/t10-,11?;/m1./s1. The fraction of sp³-hybridized carbons (Fsp3) is 0.917. The number of halogens is 1. The van der Waals surface area contributed by atoms with Crippen molar-refractivity contribution in [1.82, 2.24) is 10.2 Å². The predicted octanol–water partition coefficient (Wildman–Crippen LogP) is 1.81. The Kier molecular flexibility index (Phi) is 5.06. The minimum atomic E-state index is 0. The maximum atomic E-state index is 12.2. The van der Waals surface area contributed by atoms with Crippen LogP contribution in [0.25, 0.3) is 0 Å². The number of carbonyl (C=O) groups is 1. The molecule has 3 nitrogen and oxygen atoms in total. The Morgan fingerprint density at radius 1 is 1.31 bits per heavy atom. The van der Waals surface area contributed by atoms with Crippen LogP contribution in [0.15, 0.2) is 0 Å². The van der Waals surface area contributed by atoms with Crippen molar-refractivity contribution in [3.63, 3.8) is 0 Å². The third-order valence-electron chi connectivity index (χ3n) is 3.72. The van der Waals surface area contributed by atoms with Crippen LogP contribution in [-0.4, -0.2) is 36.0 Å². The van der Waals surface area contributed by atoms with E-state index >= 15 is 0 Å². The molecule has 94 valence electrons. The van der Waals surface area contributed by atoms with Crippen molar-refractivity contribution in [3.05, 3.63) is 0 Å². The number of likely N-dealkylation sites (tertiary alicyclic amines) is 1. The van der Waals surface area contributed by atoms with E-state index in [1.807, 2.05) is 0 Å². The minimum Gasteiger partial charge on any atom is -0.338 e. The van der Waals surface area contributed by atoms with Gasteiger partial charge in [-0.3, -0.25) is 4.79 Å². The summed E-state index contributed by atoms with van der Waals surface area (Å²) in [6.45, 7) is 6.44. The second-order valence-electron chi connectivity index (χ2n) is 5.13. The quantitative estimate of drug-likeness (QED) is 0.806. The van der Waals surface area contributed by atoms with Crippen molar-refractivity contribution in [2.24, 2.45) is 5.92 Å². The average molecular weight is 247 g/mol. The third kappa shape index (κ3) is 2.69. The first kappa shape index (κ1) is 13.8. The molecule has 0 aromatic rings. The Labute approximate surface area is 104 Å². The summed E-state index contributed by atoms with van der Waals surface area (Å²) >= 11 is 0. The first-order valence-corrected chi connectivity index (χ1v) is 6.24. The SMILES string of the molecule is CC(C)C1CCCCN1C(=O)[C@H]1CCN1.Cl. The molecular weight excluding hydrogens is 224 g/mol. The van der Waals surface area contributed by atoms with Crippen LogP contribution in [0, 0.1) is 5.92 Å². The Bertz CT molecular complexity index is 241. The monoisotopic (exact) mass is 246 g/mol. The van der Waals surface area contributed by atoms with Gasteiger partial charge in [0.1, 0.15) is 0 Å². The highest BCUT2D eigenvalue weighted by Crippen LogP contribution is 2.24. The number of rotatable bonds is 2. The zero-order chi connectivity index (χ0) is 10.8. The second kappa shape index (κ2) is 5.87. The molecule has 0 aromatic heterocycles. The highest BCUT2D eigenvalue weighted by atomic mass is 35.5. The molecule has 0 spiro atoms. The molecule has 2 rings (SSSR count). The summed E-state index contributed by atoms with van der Waals surface area (Å²) in [6, 6.07) is 0.609. The van der Waals surface area contributed by atoms with Gasteiger partial charge in [0.05, 0.1) is 6.04 Å². The van der Waals surface area contributed by atoms with Crippen molar-refractivity contribution >= 4 is 18.3 Å². The third-order valence-corrected chi connectivity index (χ3v) is 3.72. The molecule has 2 atom stereocenters. The Morgan fingerprint density at radius 3 is 2.50 bits per heavy atom. The number of hydrogen-bond acceptors (Lipinski definition) is 2. The molecule has 0 saturated carbocycles. The van der Waals surface area contributed by atoms with Crippen LogP contribution in [0.1, 0.15) is 39.5 Å². The zero-order valence-corrected chi connectivity index (χ0v) is 11.1. The first-order chi connectivity index (χ1) is 7.20. The molecule has 2 saturated heterocycles. The van der Waals surface area contributed by atoms with Crippen LogP contribution in [-0.2, 0) is 4.79 Å². The molecular formula is C12H23ClN2O. The van der Waals surface area contributed by atoms with Crippen LogP contribution in [0.3, 0.4) is 0 Å². The number of piperidine rings is 1. The van der Waals surface area contributed by atoms with Gasteiger partial charge in [-0.15, -0.1) is 12.4 Å². The lowest BCUT2D eigenvalue weighted by Gasteiger charge is -2.42. The van der Waals surface area contributed by atoms with Gasteiger partial charge < -0.3 is 10.2 Å². The van der Waals surface area contributed by atoms with E-state index in [1.54, 1.807) is 0 Å². The lowest BCUT2D eigenvalue weighted by Crippen LogP contribution is -2.58. The van der Waals surface area contributed by atoms with Crippen molar-refractivity contribution in [2.45, 2.75) is 51.6 Å². The van der Waals surface area contributed by atoms with E-state index in [9.17, 15) is 4.79 Å². The molecule has 2 heterocycles. The van der Waals surface area contributed by atoms with Crippen LogP contribution in [0.5, 0.6) is 0 Å². The molecule has 16 heavy (non-hydrogen) atoms. The molecule has 1 amide bonds. The van der Waals surface area contributed by atoms with Gasteiger partial charge in [0.15, 0.2) is 0 Å². The van der Waals surface area contributed by atoms with Gasteiger partial charge >= 0.3 is 0 Å². The van der Waals surface area contributed by atoms with E-state index < -0.39 is 0 Å². The average Bonchev–Trinajstić information content (AvgIpc) is 2.15. The van der Waals surface area contributed by atoms with Crippen LogP contribution in [0.4, 0.5) is 0 Å². The summed E-state index contributed by atoms with van der Waals surface area (Å²) in [7, 11) is 0. The normalized spacial score (nSPS) is 29.6. The van der Waals surface area contributed by atoms with Crippen LogP contribution >= 0.6 is 12.4 Å². The van der Waals surface area contributed by atoms with Crippen LogP contribution in [0.2, 0.25) is 0 Å². The van der Waals surface area contributed by atoms with Crippen molar-refractivity contribution in [2.75, 3.05) is 13.1 Å². The molecule has 0 aromatic carbocycles. The number of carbonyl (C=O) groups excluding carboxylic acids is 1. The first-order valence-electron chi connectivity index (χ1n) is 6.24. The van der Waals surface area contributed by atoms with Crippen molar-refractivity contribution < 1.29 is 4.79 Å². The van der Waals surface area contributed by atoms with Gasteiger partial charge in [0.2, 0.25) is 5.91 Å². The maximum Gasteiger partial charge on any atom is 0.240 e. The smallest absolute Gasteiger partial charge is 0.240 e.